The van der Waals surface area contributed by atoms with E-state index >= 15 is 0 Å². The van der Waals surface area contributed by atoms with Crippen LogP contribution in [0.2, 0.25) is 0 Å². The second-order valence-electron chi connectivity index (χ2n) is 5.56. The Kier molecular flexibility index (Phi) is 4.05. The molecule has 0 aromatic carbocycles. The maximum Gasteiger partial charge on any atom is 0.124 e. The van der Waals surface area contributed by atoms with Gasteiger partial charge < -0.3 is 5.32 Å². The van der Waals surface area contributed by atoms with Gasteiger partial charge in [0.2, 0.25) is 0 Å². The lowest BCUT2D eigenvalue weighted by atomic mass is 9.86. The highest BCUT2D eigenvalue weighted by atomic mass is 32.1. The summed E-state index contributed by atoms with van der Waals surface area (Å²) >= 11 is 1.86. The average Bonchev–Trinajstić information content (AvgIpc) is 3.02. The minimum atomic E-state index is 0.430. The van der Waals surface area contributed by atoms with Crippen LogP contribution in [0.5, 0.6) is 0 Å². The van der Waals surface area contributed by atoms with E-state index in [1.165, 1.54) is 29.1 Å². The van der Waals surface area contributed by atoms with Crippen molar-refractivity contribution in [2.24, 2.45) is 0 Å². The first kappa shape index (κ1) is 13.6. The molecule has 5 heteroatoms. The number of anilines is 1. The summed E-state index contributed by atoms with van der Waals surface area (Å²) in [5, 5.41) is 9.20. The molecule has 1 aliphatic carbocycles. The molecule has 108 valence electrons. The molecule has 4 nitrogen and oxygen atoms in total. The Labute approximate surface area is 124 Å². The molecule has 1 fully saturated rings. The van der Waals surface area contributed by atoms with Crippen molar-refractivity contribution in [1.29, 1.82) is 0 Å². The molecule has 0 radical (unpaired) electrons. The van der Waals surface area contributed by atoms with Crippen molar-refractivity contribution < 1.29 is 0 Å². The first-order valence-corrected chi connectivity index (χ1v) is 8.31. The van der Waals surface area contributed by atoms with E-state index < -0.39 is 0 Å². The predicted molar refractivity (Wildman–Crippen MR) is 83.3 cm³/mol. The van der Waals surface area contributed by atoms with Crippen LogP contribution >= 0.6 is 11.3 Å². The van der Waals surface area contributed by atoms with Gasteiger partial charge in [-0.2, -0.15) is 5.10 Å². The van der Waals surface area contributed by atoms with Crippen molar-refractivity contribution in [3.63, 3.8) is 0 Å². The minimum Gasteiger partial charge on any atom is -0.365 e. The molecular weight excluding hydrogens is 268 g/mol. The van der Waals surface area contributed by atoms with Gasteiger partial charge in [-0.05, 0) is 26.2 Å². The summed E-state index contributed by atoms with van der Waals surface area (Å²) in [5.74, 6) is 1.83. The largest absolute Gasteiger partial charge is 0.365 e. The van der Waals surface area contributed by atoms with Crippen LogP contribution in [-0.2, 0) is 6.54 Å². The quantitative estimate of drug-likeness (QED) is 0.867. The third-order valence-electron chi connectivity index (χ3n) is 4.15. The molecule has 0 aliphatic heterocycles. The zero-order chi connectivity index (χ0) is 13.9. The molecule has 0 bridgehead atoms. The van der Waals surface area contributed by atoms with Gasteiger partial charge >= 0.3 is 0 Å². The monoisotopic (exact) mass is 290 g/mol. The summed E-state index contributed by atoms with van der Waals surface area (Å²) < 4.78 is 2.06. The van der Waals surface area contributed by atoms with Gasteiger partial charge in [0.05, 0.1) is 23.8 Å². The molecule has 1 aliphatic rings. The Hall–Kier alpha value is -1.36. The van der Waals surface area contributed by atoms with Gasteiger partial charge in [-0.3, -0.25) is 0 Å². The summed E-state index contributed by atoms with van der Waals surface area (Å²) in [5.41, 5.74) is 0. The van der Waals surface area contributed by atoms with Crippen LogP contribution in [0.4, 0.5) is 5.82 Å². The van der Waals surface area contributed by atoms with Gasteiger partial charge in [-0.15, -0.1) is 11.3 Å². The number of thiazole rings is 1. The standard InChI is InChI=1S/C15H22N4S/c1-3-11(2)19-14(7-8-18-19)16-9-13-10-17-15(20-13)12-5-4-6-12/h7-8,10-12,16H,3-6,9H2,1-2H3/t11-/m1/s1. The SMILES string of the molecule is CC[C@@H](C)n1nccc1NCc1cnc(C2CCC2)s1. The molecule has 3 rings (SSSR count). The van der Waals surface area contributed by atoms with Crippen molar-refractivity contribution in [3.05, 3.63) is 28.3 Å². The Morgan fingerprint density at radius 1 is 1.50 bits per heavy atom. The van der Waals surface area contributed by atoms with Crippen LogP contribution in [0, 0.1) is 0 Å². The Morgan fingerprint density at radius 2 is 2.35 bits per heavy atom. The maximum atomic E-state index is 4.57. The van der Waals surface area contributed by atoms with Crippen molar-refractivity contribution >= 4 is 17.2 Å². The summed E-state index contributed by atoms with van der Waals surface area (Å²) in [6, 6.07) is 2.47. The van der Waals surface area contributed by atoms with E-state index in [1.807, 2.05) is 29.8 Å². The molecule has 0 amide bonds. The second kappa shape index (κ2) is 5.95. The lowest BCUT2D eigenvalue weighted by Gasteiger charge is -2.22. The van der Waals surface area contributed by atoms with Crippen molar-refractivity contribution in [3.8, 4) is 0 Å². The third kappa shape index (κ3) is 2.73. The van der Waals surface area contributed by atoms with E-state index in [9.17, 15) is 0 Å². The summed E-state index contributed by atoms with van der Waals surface area (Å²) in [4.78, 5) is 5.88. The van der Waals surface area contributed by atoms with Gasteiger partial charge in [0.1, 0.15) is 5.82 Å². The van der Waals surface area contributed by atoms with Crippen molar-refractivity contribution in [2.75, 3.05) is 5.32 Å². The molecule has 0 unspecified atom stereocenters. The number of hydrogen-bond acceptors (Lipinski definition) is 4. The fourth-order valence-electron chi connectivity index (χ4n) is 2.40. The van der Waals surface area contributed by atoms with E-state index in [0.717, 1.165) is 24.7 Å². The van der Waals surface area contributed by atoms with E-state index in [4.69, 9.17) is 0 Å². The van der Waals surface area contributed by atoms with E-state index in [1.54, 1.807) is 0 Å². The number of rotatable bonds is 6. The van der Waals surface area contributed by atoms with Gasteiger partial charge in [-0.1, -0.05) is 13.3 Å². The molecule has 0 saturated heterocycles. The normalized spacial score (nSPS) is 16.9. The highest BCUT2D eigenvalue weighted by Gasteiger charge is 2.22. The minimum absolute atomic E-state index is 0.430. The lowest BCUT2D eigenvalue weighted by molar-refractivity contribution is 0.418. The highest BCUT2D eigenvalue weighted by Crippen LogP contribution is 2.38. The average molecular weight is 290 g/mol. The van der Waals surface area contributed by atoms with Crippen molar-refractivity contribution in [2.45, 2.75) is 58.0 Å². The van der Waals surface area contributed by atoms with Crippen LogP contribution in [0.1, 0.15) is 61.4 Å². The summed E-state index contributed by atoms with van der Waals surface area (Å²) in [6.07, 6.45) is 8.98. The fraction of sp³-hybridized carbons (Fsp3) is 0.600. The zero-order valence-electron chi connectivity index (χ0n) is 12.2. The Balaban J connectivity index is 1.61. The molecule has 20 heavy (non-hydrogen) atoms. The van der Waals surface area contributed by atoms with Crippen LogP contribution in [0.3, 0.4) is 0 Å². The predicted octanol–water partition coefficient (Wildman–Crippen LogP) is 4.19. The molecule has 2 aromatic rings. The first-order chi connectivity index (χ1) is 9.78. The van der Waals surface area contributed by atoms with Crippen LogP contribution < -0.4 is 5.32 Å². The van der Waals surface area contributed by atoms with E-state index in [-0.39, 0.29) is 0 Å². The van der Waals surface area contributed by atoms with E-state index in [0.29, 0.717) is 6.04 Å². The lowest BCUT2D eigenvalue weighted by Crippen LogP contribution is -2.11. The zero-order valence-corrected chi connectivity index (χ0v) is 13.0. The summed E-state index contributed by atoms with van der Waals surface area (Å²) in [7, 11) is 0. The van der Waals surface area contributed by atoms with Gasteiger partial charge in [0.15, 0.2) is 0 Å². The van der Waals surface area contributed by atoms with E-state index in [2.05, 4.69) is 33.9 Å². The number of nitrogens with zero attached hydrogens (tertiary/aromatic N) is 3. The Morgan fingerprint density at radius 3 is 3.05 bits per heavy atom. The van der Waals surface area contributed by atoms with Gasteiger partial charge in [0, 0.05) is 23.1 Å². The molecule has 2 aromatic heterocycles. The first-order valence-electron chi connectivity index (χ1n) is 7.50. The van der Waals surface area contributed by atoms with Crippen molar-refractivity contribution in [1.82, 2.24) is 14.8 Å². The maximum absolute atomic E-state index is 4.57. The molecule has 0 spiro atoms. The summed E-state index contributed by atoms with van der Waals surface area (Å²) in [6.45, 7) is 5.22. The van der Waals surface area contributed by atoms with Crippen LogP contribution in [0.25, 0.3) is 0 Å². The number of nitrogens with one attached hydrogen (secondary N) is 1. The molecule has 2 heterocycles. The third-order valence-corrected chi connectivity index (χ3v) is 5.31. The number of aromatic nitrogens is 3. The molecule has 1 atom stereocenters. The Bertz CT molecular complexity index is 556. The number of hydrogen-bond donors (Lipinski definition) is 1. The molecular formula is C15H22N4S. The fourth-order valence-corrected chi connectivity index (χ4v) is 3.43. The molecule has 1 N–H and O–H groups in total. The van der Waals surface area contributed by atoms with Gasteiger partial charge in [0.25, 0.3) is 0 Å². The smallest absolute Gasteiger partial charge is 0.124 e. The van der Waals surface area contributed by atoms with Crippen LogP contribution in [0.15, 0.2) is 18.5 Å². The highest BCUT2D eigenvalue weighted by molar-refractivity contribution is 7.11. The van der Waals surface area contributed by atoms with Gasteiger partial charge in [-0.25, -0.2) is 9.67 Å². The van der Waals surface area contributed by atoms with Crippen LogP contribution in [-0.4, -0.2) is 14.8 Å². The topological polar surface area (TPSA) is 42.7 Å². The second-order valence-corrected chi connectivity index (χ2v) is 6.71. The molecule has 1 saturated carbocycles.